The van der Waals surface area contributed by atoms with Gasteiger partial charge in [-0.2, -0.15) is 11.8 Å². The SMILES string of the molecule is Cc1ccc(NC(=O)CCSCc2ccccc2)cc1C. The molecule has 0 spiro atoms. The van der Waals surface area contributed by atoms with Crippen LogP contribution in [0.1, 0.15) is 23.1 Å². The molecular weight excluding hydrogens is 278 g/mol. The summed E-state index contributed by atoms with van der Waals surface area (Å²) in [6.07, 6.45) is 0.546. The Morgan fingerprint density at radius 1 is 1.05 bits per heavy atom. The van der Waals surface area contributed by atoms with Gasteiger partial charge in [0.2, 0.25) is 5.91 Å². The molecule has 0 aromatic heterocycles. The maximum atomic E-state index is 11.9. The van der Waals surface area contributed by atoms with Crippen molar-refractivity contribution in [2.45, 2.75) is 26.0 Å². The Hall–Kier alpha value is -1.74. The lowest BCUT2D eigenvalue weighted by Gasteiger charge is -2.07. The fraction of sp³-hybridized carbons (Fsp3) is 0.278. The highest BCUT2D eigenvalue weighted by Gasteiger charge is 2.03. The lowest BCUT2D eigenvalue weighted by molar-refractivity contribution is -0.115. The number of hydrogen-bond donors (Lipinski definition) is 1. The molecule has 2 rings (SSSR count). The molecule has 3 heteroatoms. The first-order chi connectivity index (χ1) is 10.1. The van der Waals surface area contributed by atoms with E-state index in [0.29, 0.717) is 6.42 Å². The average molecular weight is 299 g/mol. The van der Waals surface area contributed by atoms with E-state index in [9.17, 15) is 4.79 Å². The molecule has 0 saturated carbocycles. The van der Waals surface area contributed by atoms with Crippen molar-refractivity contribution in [3.05, 3.63) is 65.2 Å². The Morgan fingerprint density at radius 3 is 2.52 bits per heavy atom. The van der Waals surface area contributed by atoms with Gasteiger partial charge in [-0.3, -0.25) is 4.79 Å². The Kier molecular flexibility index (Phi) is 5.88. The number of thioether (sulfide) groups is 1. The Morgan fingerprint density at radius 2 is 1.81 bits per heavy atom. The summed E-state index contributed by atoms with van der Waals surface area (Å²) in [5.74, 6) is 1.88. The van der Waals surface area contributed by atoms with Crippen molar-refractivity contribution in [1.82, 2.24) is 0 Å². The summed E-state index contributed by atoms with van der Waals surface area (Å²) in [5.41, 5.74) is 4.63. The van der Waals surface area contributed by atoms with Crippen LogP contribution in [0.5, 0.6) is 0 Å². The van der Waals surface area contributed by atoms with Crippen LogP contribution in [0.4, 0.5) is 5.69 Å². The van der Waals surface area contributed by atoms with E-state index in [1.165, 1.54) is 16.7 Å². The highest BCUT2D eigenvalue weighted by atomic mass is 32.2. The zero-order valence-electron chi connectivity index (χ0n) is 12.6. The maximum absolute atomic E-state index is 11.9. The standard InChI is InChI=1S/C18H21NOS/c1-14-8-9-17(12-15(14)2)19-18(20)10-11-21-13-16-6-4-3-5-7-16/h3-9,12H,10-11,13H2,1-2H3,(H,19,20). The van der Waals surface area contributed by atoms with Gasteiger partial charge in [0.15, 0.2) is 0 Å². The first kappa shape index (κ1) is 15.6. The molecule has 2 aromatic rings. The largest absolute Gasteiger partial charge is 0.326 e. The second-order valence-corrected chi connectivity index (χ2v) is 6.24. The Labute approximate surface area is 131 Å². The van der Waals surface area contributed by atoms with Crippen LogP contribution in [-0.4, -0.2) is 11.7 Å². The second-order valence-electron chi connectivity index (χ2n) is 5.14. The number of rotatable bonds is 6. The van der Waals surface area contributed by atoms with Gasteiger partial charge in [0.05, 0.1) is 0 Å². The zero-order chi connectivity index (χ0) is 15.1. The Balaban J connectivity index is 1.71. The maximum Gasteiger partial charge on any atom is 0.225 e. The van der Waals surface area contributed by atoms with Crippen LogP contribution in [-0.2, 0) is 10.5 Å². The molecule has 21 heavy (non-hydrogen) atoms. The number of carbonyl (C=O) groups excluding carboxylic acids is 1. The fourth-order valence-electron chi connectivity index (χ4n) is 1.97. The minimum Gasteiger partial charge on any atom is -0.326 e. The summed E-state index contributed by atoms with van der Waals surface area (Å²) in [6, 6.07) is 16.3. The lowest BCUT2D eigenvalue weighted by atomic mass is 10.1. The van der Waals surface area contributed by atoms with E-state index in [1.807, 2.05) is 36.4 Å². The van der Waals surface area contributed by atoms with Crippen molar-refractivity contribution in [1.29, 1.82) is 0 Å². The monoisotopic (exact) mass is 299 g/mol. The highest BCUT2D eigenvalue weighted by molar-refractivity contribution is 7.98. The van der Waals surface area contributed by atoms with Gasteiger partial charge in [-0.1, -0.05) is 36.4 Å². The molecule has 0 unspecified atom stereocenters. The van der Waals surface area contributed by atoms with Gasteiger partial charge in [-0.05, 0) is 42.7 Å². The topological polar surface area (TPSA) is 29.1 Å². The molecule has 1 amide bonds. The summed E-state index contributed by atoms with van der Waals surface area (Å²) in [5, 5.41) is 2.96. The van der Waals surface area contributed by atoms with E-state index >= 15 is 0 Å². The van der Waals surface area contributed by atoms with Crippen LogP contribution in [0.25, 0.3) is 0 Å². The molecule has 0 aliphatic heterocycles. The number of nitrogens with one attached hydrogen (secondary N) is 1. The van der Waals surface area contributed by atoms with Gasteiger partial charge < -0.3 is 5.32 Å². The van der Waals surface area contributed by atoms with E-state index in [1.54, 1.807) is 11.8 Å². The van der Waals surface area contributed by atoms with E-state index in [2.05, 4.69) is 31.3 Å². The third kappa shape index (κ3) is 5.27. The van der Waals surface area contributed by atoms with Gasteiger partial charge in [0, 0.05) is 23.6 Å². The molecule has 0 radical (unpaired) electrons. The molecule has 0 fully saturated rings. The first-order valence-corrected chi connectivity index (χ1v) is 8.29. The third-order valence-corrected chi connectivity index (χ3v) is 4.41. The molecule has 110 valence electrons. The molecule has 0 bridgehead atoms. The molecule has 1 N–H and O–H groups in total. The van der Waals surface area contributed by atoms with Crippen molar-refractivity contribution in [2.24, 2.45) is 0 Å². The summed E-state index contributed by atoms with van der Waals surface area (Å²) in [6.45, 7) is 4.13. The van der Waals surface area contributed by atoms with E-state index in [4.69, 9.17) is 0 Å². The minimum atomic E-state index is 0.0822. The van der Waals surface area contributed by atoms with Gasteiger partial charge in [0.1, 0.15) is 0 Å². The molecule has 2 aromatic carbocycles. The molecule has 0 aliphatic carbocycles. The number of hydrogen-bond acceptors (Lipinski definition) is 2. The zero-order valence-corrected chi connectivity index (χ0v) is 13.4. The molecule has 0 aliphatic rings. The lowest BCUT2D eigenvalue weighted by Crippen LogP contribution is -2.12. The predicted molar refractivity (Wildman–Crippen MR) is 91.8 cm³/mol. The predicted octanol–water partition coefficient (Wildman–Crippen LogP) is 4.57. The van der Waals surface area contributed by atoms with Gasteiger partial charge in [-0.15, -0.1) is 0 Å². The van der Waals surface area contributed by atoms with Crippen molar-refractivity contribution >= 4 is 23.4 Å². The van der Waals surface area contributed by atoms with E-state index < -0.39 is 0 Å². The highest BCUT2D eigenvalue weighted by Crippen LogP contribution is 2.16. The summed E-state index contributed by atoms with van der Waals surface area (Å²) < 4.78 is 0. The summed E-state index contributed by atoms with van der Waals surface area (Å²) in [4.78, 5) is 11.9. The van der Waals surface area contributed by atoms with Crippen molar-refractivity contribution in [3.8, 4) is 0 Å². The van der Waals surface area contributed by atoms with Crippen LogP contribution in [0, 0.1) is 13.8 Å². The Bertz CT molecular complexity index is 595. The molecular formula is C18H21NOS. The summed E-state index contributed by atoms with van der Waals surface area (Å²) >= 11 is 1.79. The molecule has 0 saturated heterocycles. The van der Waals surface area contributed by atoms with E-state index in [-0.39, 0.29) is 5.91 Å². The van der Waals surface area contributed by atoms with Crippen LogP contribution < -0.4 is 5.32 Å². The summed E-state index contributed by atoms with van der Waals surface area (Å²) in [7, 11) is 0. The average Bonchev–Trinajstić information content (AvgIpc) is 2.49. The number of amides is 1. The number of carbonyl (C=O) groups is 1. The first-order valence-electron chi connectivity index (χ1n) is 7.14. The number of anilines is 1. The number of benzene rings is 2. The number of aryl methyl sites for hydroxylation is 2. The quantitative estimate of drug-likeness (QED) is 0.792. The van der Waals surface area contributed by atoms with Crippen molar-refractivity contribution < 1.29 is 4.79 Å². The van der Waals surface area contributed by atoms with Crippen molar-refractivity contribution in [2.75, 3.05) is 11.1 Å². The van der Waals surface area contributed by atoms with Crippen LogP contribution in [0.15, 0.2) is 48.5 Å². The third-order valence-electron chi connectivity index (χ3n) is 3.38. The minimum absolute atomic E-state index is 0.0822. The normalized spacial score (nSPS) is 10.4. The second kappa shape index (κ2) is 7.89. The molecule has 2 nitrogen and oxygen atoms in total. The fourth-order valence-corrected chi connectivity index (χ4v) is 2.87. The smallest absolute Gasteiger partial charge is 0.225 e. The molecule has 0 heterocycles. The van der Waals surface area contributed by atoms with Gasteiger partial charge in [-0.25, -0.2) is 0 Å². The van der Waals surface area contributed by atoms with Crippen LogP contribution >= 0.6 is 11.8 Å². The van der Waals surface area contributed by atoms with Gasteiger partial charge >= 0.3 is 0 Å². The van der Waals surface area contributed by atoms with E-state index in [0.717, 1.165) is 17.2 Å². The van der Waals surface area contributed by atoms with Gasteiger partial charge in [0.25, 0.3) is 0 Å². The molecule has 0 atom stereocenters. The van der Waals surface area contributed by atoms with Crippen LogP contribution in [0.2, 0.25) is 0 Å². The van der Waals surface area contributed by atoms with Crippen molar-refractivity contribution in [3.63, 3.8) is 0 Å². The van der Waals surface area contributed by atoms with Crippen LogP contribution in [0.3, 0.4) is 0 Å².